The summed E-state index contributed by atoms with van der Waals surface area (Å²) in [6.45, 7) is 8.31. The number of hydrogen-bond donors (Lipinski definition) is 2. The van der Waals surface area contributed by atoms with E-state index in [1.54, 1.807) is 6.92 Å². The van der Waals surface area contributed by atoms with Crippen LogP contribution in [-0.2, 0) is 9.84 Å². The fourth-order valence-corrected chi connectivity index (χ4v) is 1.49. The molecule has 0 saturated heterocycles. The minimum absolute atomic E-state index is 0.306. The molecule has 0 heterocycles. The van der Waals surface area contributed by atoms with Crippen molar-refractivity contribution >= 4 is 9.84 Å². The number of rotatable bonds is 8. The fourth-order valence-electron chi connectivity index (χ4n) is 1.09. The van der Waals surface area contributed by atoms with Crippen LogP contribution < -0.4 is 10.6 Å². The van der Waals surface area contributed by atoms with Gasteiger partial charge in [0.1, 0.15) is 0 Å². The van der Waals surface area contributed by atoms with Crippen LogP contribution in [0.3, 0.4) is 0 Å². The van der Waals surface area contributed by atoms with Gasteiger partial charge in [0.25, 0.3) is 0 Å². The van der Waals surface area contributed by atoms with Crippen molar-refractivity contribution in [3.05, 3.63) is 0 Å². The van der Waals surface area contributed by atoms with E-state index in [2.05, 4.69) is 24.5 Å². The van der Waals surface area contributed by atoms with Gasteiger partial charge in [-0.1, -0.05) is 6.92 Å². The van der Waals surface area contributed by atoms with E-state index in [4.69, 9.17) is 0 Å². The van der Waals surface area contributed by atoms with Crippen LogP contribution in [0.4, 0.5) is 0 Å². The largest absolute Gasteiger partial charge is 0.315 e. The van der Waals surface area contributed by atoms with Gasteiger partial charge in [0.05, 0.1) is 5.25 Å². The zero-order chi connectivity index (χ0) is 11.9. The molecule has 2 atom stereocenters. The van der Waals surface area contributed by atoms with E-state index in [1.807, 2.05) is 0 Å². The van der Waals surface area contributed by atoms with Gasteiger partial charge in [-0.25, -0.2) is 8.42 Å². The number of sulfone groups is 1. The van der Waals surface area contributed by atoms with Crippen LogP contribution in [0.2, 0.25) is 0 Å². The molecule has 4 nitrogen and oxygen atoms in total. The lowest BCUT2D eigenvalue weighted by molar-refractivity contribution is 0.496. The standard InChI is InChI=1S/C10H24N2O2S/c1-5-6-11-7-9(2)12-8-10(3)15(4,13)14/h9-12H,5-8H2,1-4H3. The Hall–Kier alpha value is -0.130. The van der Waals surface area contributed by atoms with E-state index in [9.17, 15) is 8.42 Å². The molecule has 92 valence electrons. The van der Waals surface area contributed by atoms with E-state index in [0.29, 0.717) is 12.6 Å². The first kappa shape index (κ1) is 14.9. The van der Waals surface area contributed by atoms with Crippen LogP contribution in [0.5, 0.6) is 0 Å². The molecule has 0 radical (unpaired) electrons. The molecule has 0 rings (SSSR count). The van der Waals surface area contributed by atoms with Crippen molar-refractivity contribution in [1.82, 2.24) is 10.6 Å². The van der Waals surface area contributed by atoms with Crippen LogP contribution in [0.1, 0.15) is 27.2 Å². The summed E-state index contributed by atoms with van der Waals surface area (Å²) in [7, 11) is -2.91. The maximum absolute atomic E-state index is 11.1. The summed E-state index contributed by atoms with van der Waals surface area (Å²) in [5, 5.41) is 6.18. The van der Waals surface area contributed by atoms with E-state index in [-0.39, 0.29) is 5.25 Å². The second-order valence-electron chi connectivity index (χ2n) is 4.15. The van der Waals surface area contributed by atoms with Crippen molar-refractivity contribution in [2.75, 3.05) is 25.9 Å². The SMILES string of the molecule is CCCNCC(C)NCC(C)S(C)(=O)=O. The Bertz CT molecular complexity index is 252. The molecule has 0 fully saturated rings. The molecule has 0 bridgehead atoms. The third kappa shape index (κ3) is 7.76. The fraction of sp³-hybridized carbons (Fsp3) is 1.00. The molecule has 0 aliphatic carbocycles. The smallest absolute Gasteiger partial charge is 0.151 e. The molecule has 2 N–H and O–H groups in total. The first-order valence-electron chi connectivity index (χ1n) is 5.50. The van der Waals surface area contributed by atoms with Crippen molar-refractivity contribution in [2.45, 2.75) is 38.5 Å². The van der Waals surface area contributed by atoms with Crippen molar-refractivity contribution in [1.29, 1.82) is 0 Å². The maximum atomic E-state index is 11.1. The lowest BCUT2D eigenvalue weighted by Crippen LogP contribution is -2.41. The molecule has 0 amide bonds. The van der Waals surface area contributed by atoms with E-state index < -0.39 is 9.84 Å². The van der Waals surface area contributed by atoms with Gasteiger partial charge in [0.15, 0.2) is 9.84 Å². The third-order valence-electron chi connectivity index (χ3n) is 2.36. The highest BCUT2D eigenvalue weighted by Gasteiger charge is 2.14. The second-order valence-corrected chi connectivity index (χ2v) is 6.62. The van der Waals surface area contributed by atoms with Crippen LogP contribution in [0.15, 0.2) is 0 Å². The summed E-state index contributed by atoms with van der Waals surface area (Å²) >= 11 is 0. The Morgan fingerprint density at radius 3 is 2.27 bits per heavy atom. The summed E-state index contributed by atoms with van der Waals surface area (Å²) < 4.78 is 22.3. The van der Waals surface area contributed by atoms with Crippen molar-refractivity contribution in [2.24, 2.45) is 0 Å². The Morgan fingerprint density at radius 2 is 1.80 bits per heavy atom. The molecular weight excluding hydrogens is 212 g/mol. The summed E-state index contributed by atoms with van der Waals surface area (Å²) in [6, 6.07) is 0.306. The summed E-state index contributed by atoms with van der Waals surface area (Å²) in [6.07, 6.45) is 2.39. The van der Waals surface area contributed by atoms with Gasteiger partial charge in [-0.2, -0.15) is 0 Å². The molecular formula is C10H24N2O2S. The number of nitrogens with one attached hydrogen (secondary N) is 2. The van der Waals surface area contributed by atoms with Gasteiger partial charge in [0.2, 0.25) is 0 Å². The minimum Gasteiger partial charge on any atom is -0.315 e. The topological polar surface area (TPSA) is 58.2 Å². The van der Waals surface area contributed by atoms with Gasteiger partial charge in [-0.05, 0) is 26.8 Å². The third-order valence-corrected chi connectivity index (χ3v) is 3.99. The van der Waals surface area contributed by atoms with E-state index >= 15 is 0 Å². The van der Waals surface area contributed by atoms with Gasteiger partial charge < -0.3 is 10.6 Å². The Balaban J connectivity index is 3.67. The highest BCUT2D eigenvalue weighted by molar-refractivity contribution is 7.91. The summed E-state index contributed by atoms with van der Waals surface area (Å²) in [5.41, 5.74) is 0. The highest BCUT2D eigenvalue weighted by atomic mass is 32.2. The van der Waals surface area contributed by atoms with Crippen molar-refractivity contribution < 1.29 is 8.42 Å². The van der Waals surface area contributed by atoms with E-state index in [0.717, 1.165) is 19.5 Å². The minimum atomic E-state index is -2.91. The molecule has 0 aliphatic heterocycles. The van der Waals surface area contributed by atoms with Crippen LogP contribution >= 0.6 is 0 Å². The summed E-state index contributed by atoms with van der Waals surface area (Å²) in [4.78, 5) is 0. The first-order chi connectivity index (χ1) is 6.88. The number of hydrogen-bond acceptors (Lipinski definition) is 4. The van der Waals surface area contributed by atoms with Gasteiger partial charge in [0, 0.05) is 25.4 Å². The van der Waals surface area contributed by atoms with Crippen LogP contribution in [0.25, 0.3) is 0 Å². The first-order valence-corrected chi connectivity index (χ1v) is 7.46. The van der Waals surface area contributed by atoms with Crippen LogP contribution in [-0.4, -0.2) is 45.6 Å². The quantitative estimate of drug-likeness (QED) is 0.599. The monoisotopic (exact) mass is 236 g/mol. The molecule has 0 aromatic carbocycles. The predicted molar refractivity (Wildman–Crippen MR) is 64.9 cm³/mol. The second kappa shape index (κ2) is 7.19. The molecule has 0 aromatic heterocycles. The molecule has 15 heavy (non-hydrogen) atoms. The highest BCUT2D eigenvalue weighted by Crippen LogP contribution is 1.96. The van der Waals surface area contributed by atoms with Gasteiger partial charge >= 0.3 is 0 Å². The molecule has 0 spiro atoms. The zero-order valence-electron chi connectivity index (χ0n) is 10.2. The zero-order valence-corrected chi connectivity index (χ0v) is 11.0. The molecule has 2 unspecified atom stereocenters. The lowest BCUT2D eigenvalue weighted by Gasteiger charge is -2.17. The molecule has 0 saturated carbocycles. The van der Waals surface area contributed by atoms with Crippen molar-refractivity contribution in [3.63, 3.8) is 0 Å². The lowest BCUT2D eigenvalue weighted by atomic mass is 10.3. The predicted octanol–water partition coefficient (Wildman–Crippen LogP) is 0.397. The van der Waals surface area contributed by atoms with Gasteiger partial charge in [-0.3, -0.25) is 0 Å². The average molecular weight is 236 g/mol. The normalized spacial score (nSPS) is 16.3. The molecule has 0 aromatic rings. The Kier molecular flexibility index (Phi) is 7.13. The Morgan fingerprint density at radius 1 is 1.20 bits per heavy atom. The van der Waals surface area contributed by atoms with E-state index in [1.165, 1.54) is 6.26 Å². The summed E-state index contributed by atoms with van der Waals surface area (Å²) in [5.74, 6) is 0. The van der Waals surface area contributed by atoms with Crippen LogP contribution in [0, 0.1) is 0 Å². The van der Waals surface area contributed by atoms with Crippen molar-refractivity contribution in [3.8, 4) is 0 Å². The molecule has 0 aliphatic rings. The molecule has 5 heteroatoms. The average Bonchev–Trinajstić information content (AvgIpc) is 2.13. The Labute approximate surface area is 93.7 Å². The maximum Gasteiger partial charge on any atom is 0.151 e. The van der Waals surface area contributed by atoms with Gasteiger partial charge in [-0.15, -0.1) is 0 Å².